The molecule has 2 nitrogen and oxygen atoms in total. The van der Waals surface area contributed by atoms with Gasteiger partial charge < -0.3 is 5.73 Å². The molecule has 1 aliphatic heterocycles. The lowest BCUT2D eigenvalue weighted by Gasteiger charge is -2.09. The summed E-state index contributed by atoms with van der Waals surface area (Å²) in [4.78, 5) is 4.50. The second-order valence-corrected chi connectivity index (χ2v) is 3.88. The van der Waals surface area contributed by atoms with Crippen LogP contribution in [0.1, 0.15) is 18.4 Å². The van der Waals surface area contributed by atoms with Crippen molar-refractivity contribution < 1.29 is 0 Å². The molecule has 1 atom stereocenters. The highest BCUT2D eigenvalue weighted by atomic mass is 14.9. The third-order valence-corrected chi connectivity index (χ3v) is 2.56. The number of benzene rings is 1. The summed E-state index contributed by atoms with van der Waals surface area (Å²) in [6, 6.07) is 10.8. The van der Waals surface area contributed by atoms with Gasteiger partial charge in [-0.3, -0.25) is 4.99 Å². The summed E-state index contributed by atoms with van der Waals surface area (Å²) in [6.07, 6.45) is 7.05. The van der Waals surface area contributed by atoms with Crippen molar-refractivity contribution in [3.63, 3.8) is 0 Å². The Morgan fingerprint density at radius 1 is 1.20 bits per heavy atom. The molecule has 0 amide bonds. The Labute approximate surface area is 90.5 Å². The lowest BCUT2D eigenvalue weighted by Crippen LogP contribution is -2.15. The second-order valence-electron chi connectivity index (χ2n) is 3.88. The van der Waals surface area contributed by atoms with Crippen molar-refractivity contribution in [3.05, 3.63) is 48.0 Å². The second kappa shape index (κ2) is 4.78. The molecule has 0 fully saturated rings. The van der Waals surface area contributed by atoms with Crippen molar-refractivity contribution in [1.82, 2.24) is 0 Å². The maximum absolute atomic E-state index is 5.78. The molecule has 0 bridgehead atoms. The highest BCUT2D eigenvalue weighted by Gasteiger charge is 2.09. The summed E-state index contributed by atoms with van der Waals surface area (Å²) in [5, 5.41) is 0. The molecular formula is C13H16N2. The largest absolute Gasteiger partial charge is 0.387 e. The third kappa shape index (κ3) is 2.94. The molecule has 0 spiro atoms. The molecule has 1 aromatic carbocycles. The minimum atomic E-state index is 0.311. The molecule has 2 heteroatoms. The Bertz CT molecular complexity index is 365. The molecule has 0 saturated carbocycles. The number of rotatable bonds is 2. The minimum Gasteiger partial charge on any atom is -0.387 e. The van der Waals surface area contributed by atoms with Gasteiger partial charge in [0.15, 0.2) is 0 Å². The van der Waals surface area contributed by atoms with Crippen molar-refractivity contribution in [2.75, 3.05) is 0 Å². The summed E-state index contributed by atoms with van der Waals surface area (Å²) in [7, 11) is 0. The zero-order valence-electron chi connectivity index (χ0n) is 8.76. The first-order chi connectivity index (χ1) is 7.34. The highest BCUT2D eigenvalue weighted by molar-refractivity contribution is 5.82. The molecule has 0 radical (unpaired) electrons. The van der Waals surface area contributed by atoms with E-state index < -0.39 is 0 Å². The van der Waals surface area contributed by atoms with E-state index >= 15 is 0 Å². The van der Waals surface area contributed by atoms with E-state index in [1.165, 1.54) is 5.56 Å². The van der Waals surface area contributed by atoms with E-state index in [1.807, 2.05) is 6.07 Å². The average molecular weight is 200 g/mol. The first-order valence-corrected chi connectivity index (χ1v) is 5.35. The van der Waals surface area contributed by atoms with Crippen LogP contribution in [-0.4, -0.2) is 11.9 Å². The molecule has 1 heterocycles. The smallest absolute Gasteiger partial charge is 0.0978 e. The van der Waals surface area contributed by atoms with Gasteiger partial charge in [-0.1, -0.05) is 42.5 Å². The highest BCUT2D eigenvalue weighted by Crippen LogP contribution is 2.12. The van der Waals surface area contributed by atoms with Gasteiger partial charge in [0.2, 0.25) is 0 Å². The lowest BCUT2D eigenvalue weighted by molar-refractivity contribution is 0.683. The number of nitrogens with zero attached hydrogens (tertiary/aromatic N) is 1. The molecule has 78 valence electrons. The van der Waals surface area contributed by atoms with Gasteiger partial charge in [0.1, 0.15) is 0 Å². The van der Waals surface area contributed by atoms with Crippen molar-refractivity contribution in [2.45, 2.75) is 25.3 Å². The Kier molecular flexibility index (Phi) is 3.18. The summed E-state index contributed by atoms with van der Waals surface area (Å²) < 4.78 is 0. The third-order valence-electron chi connectivity index (χ3n) is 2.56. The monoisotopic (exact) mass is 200 g/mol. The topological polar surface area (TPSA) is 38.4 Å². The van der Waals surface area contributed by atoms with Crippen molar-refractivity contribution in [1.29, 1.82) is 0 Å². The first-order valence-electron chi connectivity index (χ1n) is 5.35. The van der Waals surface area contributed by atoms with Gasteiger partial charge in [-0.2, -0.15) is 0 Å². The van der Waals surface area contributed by atoms with E-state index in [-0.39, 0.29) is 0 Å². The fourth-order valence-corrected chi connectivity index (χ4v) is 1.81. The van der Waals surface area contributed by atoms with Crippen LogP contribution in [0.4, 0.5) is 0 Å². The van der Waals surface area contributed by atoms with Gasteiger partial charge in [0.05, 0.1) is 11.9 Å². The maximum Gasteiger partial charge on any atom is 0.0978 e. The standard InChI is InChI=1S/C13H16N2/c14-13-9-5-4-8-12(15-13)10-11-6-2-1-3-7-11/h1-7,12H,8-10H2,(H2,14,15). The Hall–Kier alpha value is -1.57. The summed E-state index contributed by atoms with van der Waals surface area (Å²) in [6.45, 7) is 0. The van der Waals surface area contributed by atoms with Crippen molar-refractivity contribution in [3.8, 4) is 0 Å². The molecule has 1 aromatic rings. The predicted octanol–water partition coefficient (Wildman–Crippen LogP) is 2.30. The maximum atomic E-state index is 5.78. The van der Waals surface area contributed by atoms with Crippen LogP contribution in [0.3, 0.4) is 0 Å². The van der Waals surface area contributed by atoms with Crippen LogP contribution in [-0.2, 0) is 6.42 Å². The zero-order chi connectivity index (χ0) is 10.5. The SMILES string of the molecule is NC1=NC(Cc2ccccc2)CC=CC1. The number of amidine groups is 1. The summed E-state index contributed by atoms with van der Waals surface area (Å²) >= 11 is 0. The quantitative estimate of drug-likeness (QED) is 0.731. The Morgan fingerprint density at radius 3 is 2.80 bits per heavy atom. The van der Waals surface area contributed by atoms with Gasteiger partial charge >= 0.3 is 0 Å². The van der Waals surface area contributed by atoms with Crippen LogP contribution in [0.5, 0.6) is 0 Å². The molecule has 0 saturated heterocycles. The predicted molar refractivity (Wildman–Crippen MR) is 63.9 cm³/mol. The number of aliphatic imine (C=N–C) groups is 1. The van der Waals surface area contributed by atoms with Gasteiger partial charge in [-0.15, -0.1) is 0 Å². The number of hydrogen-bond donors (Lipinski definition) is 1. The van der Waals surface area contributed by atoms with Crippen LogP contribution in [0.2, 0.25) is 0 Å². The van der Waals surface area contributed by atoms with E-state index in [0.29, 0.717) is 6.04 Å². The summed E-state index contributed by atoms with van der Waals surface area (Å²) in [5.74, 6) is 0.754. The van der Waals surface area contributed by atoms with Gasteiger partial charge in [-0.25, -0.2) is 0 Å². The van der Waals surface area contributed by atoms with E-state index in [9.17, 15) is 0 Å². The molecule has 0 aliphatic carbocycles. The van der Waals surface area contributed by atoms with E-state index in [2.05, 4.69) is 41.4 Å². The van der Waals surface area contributed by atoms with Crippen LogP contribution in [0.25, 0.3) is 0 Å². The van der Waals surface area contributed by atoms with Crippen molar-refractivity contribution >= 4 is 5.84 Å². The average Bonchev–Trinajstić information content (AvgIpc) is 2.44. The van der Waals surface area contributed by atoms with E-state index in [0.717, 1.165) is 25.1 Å². The Balaban J connectivity index is 2.06. The Morgan fingerprint density at radius 2 is 2.00 bits per heavy atom. The molecule has 15 heavy (non-hydrogen) atoms. The van der Waals surface area contributed by atoms with E-state index in [4.69, 9.17) is 5.73 Å². The van der Waals surface area contributed by atoms with E-state index in [1.54, 1.807) is 0 Å². The van der Waals surface area contributed by atoms with Crippen LogP contribution in [0.15, 0.2) is 47.5 Å². The lowest BCUT2D eigenvalue weighted by atomic mass is 10.0. The van der Waals surface area contributed by atoms with Crippen molar-refractivity contribution in [2.24, 2.45) is 10.7 Å². The van der Waals surface area contributed by atoms with Gasteiger partial charge in [0.25, 0.3) is 0 Å². The zero-order valence-corrected chi connectivity index (χ0v) is 8.76. The van der Waals surface area contributed by atoms with Crippen LogP contribution in [0, 0.1) is 0 Å². The minimum absolute atomic E-state index is 0.311. The van der Waals surface area contributed by atoms with Crippen LogP contribution >= 0.6 is 0 Å². The molecular weight excluding hydrogens is 184 g/mol. The molecule has 1 aliphatic rings. The fourth-order valence-electron chi connectivity index (χ4n) is 1.81. The molecule has 2 N–H and O–H groups in total. The fraction of sp³-hybridized carbons (Fsp3) is 0.308. The first kappa shape index (κ1) is 9.97. The van der Waals surface area contributed by atoms with Gasteiger partial charge in [0, 0.05) is 6.42 Å². The summed E-state index contributed by atoms with van der Waals surface area (Å²) in [5.41, 5.74) is 7.11. The number of nitrogens with two attached hydrogens (primary N) is 1. The molecule has 1 unspecified atom stereocenters. The molecule has 2 rings (SSSR count). The normalized spacial score (nSPS) is 20.8. The van der Waals surface area contributed by atoms with Gasteiger partial charge in [-0.05, 0) is 18.4 Å². The number of hydrogen-bond acceptors (Lipinski definition) is 2. The van der Waals surface area contributed by atoms with Crippen LogP contribution < -0.4 is 5.73 Å². The molecule has 0 aromatic heterocycles.